The van der Waals surface area contributed by atoms with Gasteiger partial charge in [0.15, 0.2) is 5.11 Å². The number of rotatable bonds is 3. The minimum absolute atomic E-state index is 0.0202. The first kappa shape index (κ1) is 12.1. The van der Waals surface area contributed by atoms with Gasteiger partial charge in [-0.25, -0.2) is 0 Å². The lowest BCUT2D eigenvalue weighted by Gasteiger charge is -2.04. The Balaban J connectivity index is 2.59. The number of amides is 1. The van der Waals surface area contributed by atoms with Gasteiger partial charge in [-0.1, -0.05) is 18.2 Å². The smallest absolute Gasteiger partial charge is 0.271 e. The van der Waals surface area contributed by atoms with Crippen LogP contribution in [0, 0.1) is 0 Å². The molecule has 1 aromatic carbocycles. The Morgan fingerprint density at radius 1 is 1.38 bits per heavy atom. The number of nitrogens with one attached hydrogen (secondary N) is 2. The lowest BCUT2D eigenvalue weighted by atomic mass is 10.3. The summed E-state index contributed by atoms with van der Waals surface area (Å²) in [7, 11) is 0. The van der Waals surface area contributed by atoms with Crippen LogP contribution in [0.5, 0.6) is 0 Å². The molecule has 4 N–H and O–H groups in total. The predicted molar refractivity (Wildman–Crippen MR) is 68.1 cm³/mol. The van der Waals surface area contributed by atoms with Crippen molar-refractivity contribution in [2.24, 2.45) is 10.8 Å². The van der Waals surface area contributed by atoms with Gasteiger partial charge in [-0.05, 0) is 31.3 Å². The number of hydrogen-bond donors (Lipinski definition) is 3. The van der Waals surface area contributed by atoms with E-state index in [1.54, 1.807) is 19.1 Å². The minimum atomic E-state index is -0.310. The molecule has 0 radical (unpaired) electrons. The molecule has 6 heteroatoms. The SMILES string of the molecule is CC(=NNC(N)=S)C(=O)Nc1ccccc1. The number of thiocarbonyl (C=S) groups is 1. The van der Waals surface area contributed by atoms with Crippen molar-refractivity contribution in [3.8, 4) is 0 Å². The highest BCUT2D eigenvalue weighted by Crippen LogP contribution is 2.04. The van der Waals surface area contributed by atoms with E-state index >= 15 is 0 Å². The maximum atomic E-state index is 11.6. The number of carbonyl (C=O) groups excluding carboxylic acids is 1. The fraction of sp³-hybridized carbons (Fsp3) is 0.100. The number of anilines is 1. The van der Waals surface area contributed by atoms with E-state index in [4.69, 9.17) is 5.73 Å². The molecule has 0 aliphatic rings. The van der Waals surface area contributed by atoms with Crippen molar-refractivity contribution in [3.05, 3.63) is 30.3 Å². The standard InChI is InChI=1S/C10H12N4OS/c1-7(13-14-10(11)16)9(15)12-8-5-3-2-4-6-8/h2-6H,1H3,(H,12,15)(H3,11,14,16). The highest BCUT2D eigenvalue weighted by atomic mass is 32.1. The molecule has 0 bridgehead atoms. The number of benzene rings is 1. The van der Waals surface area contributed by atoms with E-state index < -0.39 is 0 Å². The van der Waals surface area contributed by atoms with E-state index in [-0.39, 0.29) is 16.7 Å². The lowest BCUT2D eigenvalue weighted by Crippen LogP contribution is -2.28. The van der Waals surface area contributed by atoms with Gasteiger partial charge in [0.2, 0.25) is 0 Å². The fourth-order valence-electron chi connectivity index (χ4n) is 0.933. The average Bonchev–Trinajstić information content (AvgIpc) is 2.27. The van der Waals surface area contributed by atoms with E-state index in [0.29, 0.717) is 5.69 Å². The summed E-state index contributed by atoms with van der Waals surface area (Å²) in [5.41, 5.74) is 8.48. The molecule has 16 heavy (non-hydrogen) atoms. The molecule has 0 unspecified atom stereocenters. The number of nitrogens with zero attached hydrogens (tertiary/aromatic N) is 1. The Morgan fingerprint density at radius 3 is 2.56 bits per heavy atom. The summed E-state index contributed by atoms with van der Waals surface area (Å²) < 4.78 is 0. The van der Waals surface area contributed by atoms with Crippen LogP contribution in [0.25, 0.3) is 0 Å². The molecular formula is C10H12N4OS. The minimum Gasteiger partial charge on any atom is -0.375 e. The Hall–Kier alpha value is -1.95. The zero-order chi connectivity index (χ0) is 12.0. The normalized spacial score (nSPS) is 10.7. The summed E-state index contributed by atoms with van der Waals surface area (Å²) >= 11 is 4.56. The van der Waals surface area contributed by atoms with Gasteiger partial charge in [0, 0.05) is 5.69 Å². The maximum absolute atomic E-state index is 11.6. The molecule has 0 aliphatic heterocycles. The Bertz CT molecular complexity index is 416. The van der Waals surface area contributed by atoms with Crippen molar-refractivity contribution >= 4 is 34.6 Å². The van der Waals surface area contributed by atoms with Gasteiger partial charge in [-0.2, -0.15) is 5.10 Å². The summed E-state index contributed by atoms with van der Waals surface area (Å²) in [6, 6.07) is 9.09. The van der Waals surface area contributed by atoms with Crippen LogP contribution < -0.4 is 16.5 Å². The van der Waals surface area contributed by atoms with Crippen molar-refractivity contribution in [2.75, 3.05) is 5.32 Å². The quantitative estimate of drug-likeness (QED) is 0.412. The first-order chi connectivity index (χ1) is 7.59. The topological polar surface area (TPSA) is 79.5 Å². The molecule has 1 rings (SSSR count). The summed E-state index contributed by atoms with van der Waals surface area (Å²) in [6.07, 6.45) is 0. The third-order valence-corrected chi connectivity index (χ3v) is 1.79. The van der Waals surface area contributed by atoms with E-state index in [9.17, 15) is 4.79 Å². The van der Waals surface area contributed by atoms with Gasteiger partial charge in [0.1, 0.15) is 5.71 Å². The summed E-state index contributed by atoms with van der Waals surface area (Å²) in [5.74, 6) is -0.310. The molecule has 0 fully saturated rings. The summed E-state index contributed by atoms with van der Waals surface area (Å²) in [6.45, 7) is 1.56. The number of hydrazone groups is 1. The number of para-hydroxylation sites is 1. The molecule has 0 saturated heterocycles. The van der Waals surface area contributed by atoms with Gasteiger partial charge in [0.25, 0.3) is 5.91 Å². The zero-order valence-corrected chi connectivity index (χ0v) is 9.54. The van der Waals surface area contributed by atoms with Crippen molar-refractivity contribution < 1.29 is 4.79 Å². The molecule has 5 nitrogen and oxygen atoms in total. The van der Waals surface area contributed by atoms with Crippen LogP contribution in [0.4, 0.5) is 5.69 Å². The van der Waals surface area contributed by atoms with Gasteiger partial charge in [-0.15, -0.1) is 0 Å². The molecule has 0 aromatic heterocycles. The zero-order valence-electron chi connectivity index (χ0n) is 8.73. The van der Waals surface area contributed by atoms with Crippen LogP contribution in [0.15, 0.2) is 35.4 Å². The molecule has 1 amide bonds. The van der Waals surface area contributed by atoms with E-state index in [1.165, 1.54) is 0 Å². The van der Waals surface area contributed by atoms with Crippen LogP contribution in [-0.2, 0) is 4.79 Å². The van der Waals surface area contributed by atoms with Crippen LogP contribution in [0.2, 0.25) is 0 Å². The van der Waals surface area contributed by atoms with Crippen molar-refractivity contribution in [2.45, 2.75) is 6.92 Å². The first-order valence-electron chi connectivity index (χ1n) is 4.55. The molecule has 0 heterocycles. The van der Waals surface area contributed by atoms with Gasteiger partial charge < -0.3 is 11.1 Å². The average molecular weight is 236 g/mol. The lowest BCUT2D eigenvalue weighted by molar-refractivity contribution is -0.110. The van der Waals surface area contributed by atoms with Gasteiger partial charge in [0.05, 0.1) is 0 Å². The van der Waals surface area contributed by atoms with E-state index in [1.807, 2.05) is 18.2 Å². The van der Waals surface area contributed by atoms with Gasteiger partial charge in [-0.3, -0.25) is 10.2 Å². The molecule has 0 spiro atoms. The largest absolute Gasteiger partial charge is 0.375 e. The second-order valence-corrected chi connectivity index (χ2v) is 3.43. The van der Waals surface area contributed by atoms with Crippen molar-refractivity contribution in [3.63, 3.8) is 0 Å². The maximum Gasteiger partial charge on any atom is 0.271 e. The van der Waals surface area contributed by atoms with Crippen LogP contribution >= 0.6 is 12.2 Å². The number of carbonyl (C=O) groups is 1. The van der Waals surface area contributed by atoms with Crippen LogP contribution in [0.3, 0.4) is 0 Å². The highest BCUT2D eigenvalue weighted by molar-refractivity contribution is 7.80. The Morgan fingerprint density at radius 2 is 2.00 bits per heavy atom. The summed E-state index contributed by atoms with van der Waals surface area (Å²) in [5, 5.41) is 6.40. The number of nitrogens with two attached hydrogens (primary N) is 1. The molecule has 84 valence electrons. The van der Waals surface area contributed by atoms with Crippen molar-refractivity contribution in [1.82, 2.24) is 5.43 Å². The Kier molecular flexibility index (Phi) is 4.41. The first-order valence-corrected chi connectivity index (χ1v) is 4.96. The molecule has 0 atom stereocenters. The van der Waals surface area contributed by atoms with E-state index in [2.05, 4.69) is 28.1 Å². The predicted octanol–water partition coefficient (Wildman–Crippen LogP) is 0.834. The third kappa shape index (κ3) is 4.05. The number of hydrogen-bond acceptors (Lipinski definition) is 3. The van der Waals surface area contributed by atoms with Gasteiger partial charge >= 0.3 is 0 Å². The van der Waals surface area contributed by atoms with Crippen molar-refractivity contribution in [1.29, 1.82) is 0 Å². The fourth-order valence-corrected chi connectivity index (χ4v) is 0.978. The molecular weight excluding hydrogens is 224 g/mol. The third-order valence-electron chi connectivity index (χ3n) is 1.69. The van der Waals surface area contributed by atoms with Crippen LogP contribution in [-0.4, -0.2) is 16.7 Å². The second-order valence-electron chi connectivity index (χ2n) is 2.99. The van der Waals surface area contributed by atoms with Crippen LogP contribution in [0.1, 0.15) is 6.92 Å². The molecule has 0 aliphatic carbocycles. The molecule has 0 saturated carbocycles. The highest BCUT2D eigenvalue weighted by Gasteiger charge is 2.05. The van der Waals surface area contributed by atoms with E-state index in [0.717, 1.165) is 0 Å². The summed E-state index contributed by atoms with van der Waals surface area (Å²) in [4.78, 5) is 11.6. The second kappa shape index (κ2) is 5.82. The Labute approximate surface area is 98.7 Å². The monoisotopic (exact) mass is 236 g/mol. The molecule has 1 aromatic rings.